The Labute approximate surface area is 114 Å². The molecule has 1 amide bonds. The Kier molecular flexibility index (Phi) is 5.42. The van der Waals surface area contributed by atoms with Crippen molar-refractivity contribution in [1.29, 1.82) is 0 Å². The number of anilines is 1. The first-order valence-corrected chi connectivity index (χ1v) is 6.33. The lowest BCUT2D eigenvalue weighted by molar-refractivity contribution is -0.133. The average molecular weight is 262 g/mol. The predicted octanol–water partition coefficient (Wildman–Crippen LogP) is 2.24. The van der Waals surface area contributed by atoms with E-state index in [0.29, 0.717) is 17.9 Å². The van der Waals surface area contributed by atoms with Crippen LogP contribution in [0.4, 0.5) is 5.69 Å². The van der Waals surface area contributed by atoms with Crippen LogP contribution in [0.3, 0.4) is 0 Å². The summed E-state index contributed by atoms with van der Waals surface area (Å²) >= 11 is 0. The number of amides is 1. The number of hydrogen-bond acceptors (Lipinski definition) is 3. The highest BCUT2D eigenvalue weighted by Gasteiger charge is 2.13. The Morgan fingerprint density at radius 2 is 2.21 bits per heavy atom. The lowest BCUT2D eigenvalue weighted by atomic mass is 10.1. The SMILES string of the molecule is C=CCc1cc(N)ccc1OCC(=O)N(C)C(C)C. The molecule has 0 bridgehead atoms. The van der Waals surface area contributed by atoms with Crippen LogP contribution < -0.4 is 10.5 Å². The summed E-state index contributed by atoms with van der Waals surface area (Å²) in [5.41, 5.74) is 7.35. The van der Waals surface area contributed by atoms with Crippen LogP contribution in [0, 0.1) is 0 Å². The van der Waals surface area contributed by atoms with Crippen molar-refractivity contribution in [2.75, 3.05) is 19.4 Å². The molecule has 104 valence electrons. The number of rotatable bonds is 6. The molecule has 1 rings (SSSR count). The summed E-state index contributed by atoms with van der Waals surface area (Å²) in [6, 6.07) is 5.55. The van der Waals surface area contributed by atoms with E-state index in [1.807, 2.05) is 19.9 Å². The zero-order chi connectivity index (χ0) is 14.4. The molecule has 4 heteroatoms. The standard InChI is InChI=1S/C15H22N2O2/c1-5-6-12-9-13(16)7-8-14(12)19-10-15(18)17(4)11(2)3/h5,7-9,11H,1,6,10,16H2,2-4H3. The largest absolute Gasteiger partial charge is 0.483 e. The Hall–Kier alpha value is -1.97. The van der Waals surface area contributed by atoms with E-state index in [-0.39, 0.29) is 18.6 Å². The number of nitrogens with zero attached hydrogens (tertiary/aromatic N) is 1. The molecular formula is C15H22N2O2. The maximum atomic E-state index is 11.8. The van der Waals surface area contributed by atoms with Crippen LogP contribution in [0.5, 0.6) is 5.75 Å². The van der Waals surface area contributed by atoms with Crippen molar-refractivity contribution in [3.05, 3.63) is 36.4 Å². The van der Waals surface area contributed by atoms with Crippen LogP contribution in [0.1, 0.15) is 19.4 Å². The lowest BCUT2D eigenvalue weighted by Crippen LogP contribution is -2.36. The molecule has 0 spiro atoms. The Balaban J connectivity index is 2.72. The van der Waals surface area contributed by atoms with Gasteiger partial charge >= 0.3 is 0 Å². The molecule has 0 fully saturated rings. The van der Waals surface area contributed by atoms with Crippen LogP contribution in [0.2, 0.25) is 0 Å². The molecule has 0 atom stereocenters. The Bertz CT molecular complexity index is 455. The van der Waals surface area contributed by atoms with Crippen molar-refractivity contribution in [3.63, 3.8) is 0 Å². The van der Waals surface area contributed by atoms with Crippen LogP contribution >= 0.6 is 0 Å². The van der Waals surface area contributed by atoms with E-state index < -0.39 is 0 Å². The fraction of sp³-hybridized carbons (Fsp3) is 0.400. The minimum Gasteiger partial charge on any atom is -0.483 e. The highest BCUT2D eigenvalue weighted by molar-refractivity contribution is 5.77. The molecule has 0 saturated heterocycles. The number of benzene rings is 1. The molecule has 0 aliphatic carbocycles. The van der Waals surface area contributed by atoms with Gasteiger partial charge in [0.2, 0.25) is 0 Å². The Morgan fingerprint density at radius 1 is 1.53 bits per heavy atom. The van der Waals surface area contributed by atoms with Crippen LogP contribution in [-0.2, 0) is 11.2 Å². The lowest BCUT2D eigenvalue weighted by Gasteiger charge is -2.21. The van der Waals surface area contributed by atoms with Gasteiger partial charge in [-0.15, -0.1) is 6.58 Å². The average Bonchev–Trinajstić information content (AvgIpc) is 2.36. The van der Waals surface area contributed by atoms with Gasteiger partial charge in [-0.3, -0.25) is 4.79 Å². The monoisotopic (exact) mass is 262 g/mol. The smallest absolute Gasteiger partial charge is 0.260 e. The molecule has 0 unspecified atom stereocenters. The highest BCUT2D eigenvalue weighted by Crippen LogP contribution is 2.22. The minimum absolute atomic E-state index is 0.0305. The van der Waals surface area contributed by atoms with Crippen molar-refractivity contribution in [2.45, 2.75) is 26.3 Å². The van der Waals surface area contributed by atoms with Crippen molar-refractivity contribution in [2.24, 2.45) is 0 Å². The quantitative estimate of drug-likeness (QED) is 0.632. The van der Waals surface area contributed by atoms with Gasteiger partial charge in [0.1, 0.15) is 5.75 Å². The van der Waals surface area contributed by atoms with E-state index in [2.05, 4.69) is 6.58 Å². The summed E-state index contributed by atoms with van der Waals surface area (Å²) in [7, 11) is 1.77. The normalized spacial score (nSPS) is 10.3. The van der Waals surface area contributed by atoms with Gasteiger partial charge in [-0.2, -0.15) is 0 Å². The van der Waals surface area contributed by atoms with Crippen LogP contribution in [0.25, 0.3) is 0 Å². The summed E-state index contributed by atoms with van der Waals surface area (Å²) in [4.78, 5) is 13.5. The maximum absolute atomic E-state index is 11.8. The fourth-order valence-electron chi connectivity index (χ4n) is 1.58. The third-order valence-electron chi connectivity index (χ3n) is 2.97. The number of nitrogen functional groups attached to an aromatic ring is 1. The fourth-order valence-corrected chi connectivity index (χ4v) is 1.58. The summed E-state index contributed by atoms with van der Waals surface area (Å²) in [5.74, 6) is 0.635. The molecule has 0 aliphatic rings. The highest BCUT2D eigenvalue weighted by atomic mass is 16.5. The maximum Gasteiger partial charge on any atom is 0.260 e. The second-order valence-corrected chi connectivity index (χ2v) is 4.75. The van der Waals surface area contributed by atoms with E-state index >= 15 is 0 Å². The zero-order valence-electron chi connectivity index (χ0n) is 11.8. The van der Waals surface area contributed by atoms with Crippen molar-refractivity contribution in [1.82, 2.24) is 4.90 Å². The van der Waals surface area contributed by atoms with Gasteiger partial charge in [-0.1, -0.05) is 6.08 Å². The molecule has 1 aromatic rings. The molecule has 0 radical (unpaired) electrons. The first-order valence-electron chi connectivity index (χ1n) is 6.33. The topological polar surface area (TPSA) is 55.6 Å². The number of allylic oxidation sites excluding steroid dienone is 1. The van der Waals surface area contributed by atoms with E-state index in [0.717, 1.165) is 5.56 Å². The molecule has 0 heterocycles. The summed E-state index contributed by atoms with van der Waals surface area (Å²) < 4.78 is 5.58. The van der Waals surface area contributed by atoms with Gasteiger partial charge in [0, 0.05) is 18.8 Å². The van der Waals surface area contributed by atoms with Gasteiger partial charge in [0.05, 0.1) is 0 Å². The van der Waals surface area contributed by atoms with Gasteiger partial charge in [-0.05, 0) is 44.0 Å². The third-order valence-corrected chi connectivity index (χ3v) is 2.97. The van der Waals surface area contributed by atoms with Crippen LogP contribution in [-0.4, -0.2) is 30.5 Å². The molecule has 0 aliphatic heterocycles. The number of carbonyl (C=O) groups is 1. The van der Waals surface area contributed by atoms with E-state index in [4.69, 9.17) is 10.5 Å². The van der Waals surface area contributed by atoms with Crippen LogP contribution in [0.15, 0.2) is 30.9 Å². The molecule has 2 N–H and O–H groups in total. The summed E-state index contributed by atoms with van der Waals surface area (Å²) in [6.45, 7) is 7.66. The Morgan fingerprint density at radius 3 is 2.79 bits per heavy atom. The van der Waals surface area contributed by atoms with Crippen molar-refractivity contribution >= 4 is 11.6 Å². The number of hydrogen-bond donors (Lipinski definition) is 1. The van der Waals surface area contributed by atoms with Crippen molar-refractivity contribution in [3.8, 4) is 5.75 Å². The molecule has 1 aromatic carbocycles. The molecular weight excluding hydrogens is 240 g/mol. The first-order chi connectivity index (χ1) is 8.95. The summed E-state index contributed by atoms with van der Waals surface area (Å²) in [5, 5.41) is 0. The van der Waals surface area contributed by atoms with Gasteiger partial charge in [0.25, 0.3) is 5.91 Å². The molecule has 19 heavy (non-hydrogen) atoms. The second-order valence-electron chi connectivity index (χ2n) is 4.75. The number of likely N-dealkylation sites (N-methyl/N-ethyl adjacent to an activating group) is 1. The zero-order valence-corrected chi connectivity index (χ0v) is 11.8. The van der Waals surface area contributed by atoms with Gasteiger partial charge in [0.15, 0.2) is 6.61 Å². The van der Waals surface area contributed by atoms with E-state index in [9.17, 15) is 4.79 Å². The van der Waals surface area contributed by atoms with Crippen molar-refractivity contribution < 1.29 is 9.53 Å². The second kappa shape index (κ2) is 6.83. The molecule has 4 nitrogen and oxygen atoms in total. The van der Waals surface area contributed by atoms with E-state index in [1.54, 1.807) is 30.2 Å². The predicted molar refractivity (Wildman–Crippen MR) is 78.2 cm³/mol. The minimum atomic E-state index is -0.0450. The van der Waals surface area contributed by atoms with E-state index in [1.165, 1.54) is 0 Å². The van der Waals surface area contributed by atoms with Gasteiger partial charge in [-0.25, -0.2) is 0 Å². The third kappa shape index (κ3) is 4.32. The summed E-state index contributed by atoms with van der Waals surface area (Å²) in [6.07, 6.45) is 2.44. The number of ether oxygens (including phenoxy) is 1. The molecule has 0 aromatic heterocycles. The van der Waals surface area contributed by atoms with Gasteiger partial charge < -0.3 is 15.4 Å². The molecule has 0 saturated carbocycles. The number of nitrogens with two attached hydrogens (primary N) is 1. The number of carbonyl (C=O) groups excluding carboxylic acids is 1. The first kappa shape index (κ1) is 15.1.